The Kier molecular flexibility index (Phi) is 3.43. The van der Waals surface area contributed by atoms with Crippen molar-refractivity contribution in [1.82, 2.24) is 9.97 Å². The van der Waals surface area contributed by atoms with Crippen molar-refractivity contribution < 1.29 is 9.53 Å². The molecule has 2 heterocycles. The van der Waals surface area contributed by atoms with Gasteiger partial charge in [0.1, 0.15) is 0 Å². The van der Waals surface area contributed by atoms with Gasteiger partial charge in [0.2, 0.25) is 0 Å². The second-order valence-corrected chi connectivity index (χ2v) is 3.84. The fourth-order valence-corrected chi connectivity index (χ4v) is 1.60. The molecule has 0 amide bonds. The van der Waals surface area contributed by atoms with Gasteiger partial charge < -0.3 is 10.5 Å². The lowest BCUT2D eigenvalue weighted by molar-refractivity contribution is 0.0594. The Hall–Kier alpha value is -2.14. The number of nitrogens with two attached hydrogens (primary N) is 1. The van der Waals surface area contributed by atoms with Crippen molar-refractivity contribution in [2.75, 3.05) is 12.8 Å². The van der Waals surface area contributed by atoms with Crippen molar-refractivity contribution in [1.29, 1.82) is 0 Å². The van der Waals surface area contributed by atoms with Crippen molar-refractivity contribution >= 4 is 23.3 Å². The number of carbonyl (C=O) groups excluding carboxylic acids is 1. The van der Waals surface area contributed by atoms with Gasteiger partial charge in [-0.25, -0.2) is 9.78 Å². The highest BCUT2D eigenvalue weighted by Crippen LogP contribution is 2.27. The number of anilines is 1. The largest absolute Gasteiger partial charge is 0.464 e. The van der Waals surface area contributed by atoms with E-state index in [1.54, 1.807) is 24.4 Å². The summed E-state index contributed by atoms with van der Waals surface area (Å²) >= 11 is 5.92. The number of rotatable bonds is 2. The second kappa shape index (κ2) is 5.01. The molecule has 92 valence electrons. The highest BCUT2D eigenvalue weighted by atomic mass is 35.5. The lowest BCUT2D eigenvalue weighted by Crippen LogP contribution is -2.08. The minimum absolute atomic E-state index is 0.0141. The Morgan fingerprint density at radius 3 is 2.78 bits per heavy atom. The number of aromatic nitrogens is 2. The van der Waals surface area contributed by atoms with Crippen LogP contribution in [0.4, 0.5) is 5.69 Å². The molecule has 0 aliphatic rings. The fraction of sp³-hybridized carbons (Fsp3) is 0.0833. The summed E-state index contributed by atoms with van der Waals surface area (Å²) in [5.74, 6) is -0.635. The summed E-state index contributed by atoms with van der Waals surface area (Å²) in [7, 11) is 1.25. The first-order valence-electron chi connectivity index (χ1n) is 5.09. The van der Waals surface area contributed by atoms with E-state index in [0.717, 1.165) is 0 Å². The van der Waals surface area contributed by atoms with Gasteiger partial charge >= 0.3 is 5.97 Å². The van der Waals surface area contributed by atoms with E-state index in [0.29, 0.717) is 11.4 Å². The topological polar surface area (TPSA) is 78.1 Å². The molecule has 0 aliphatic heterocycles. The Morgan fingerprint density at radius 2 is 2.17 bits per heavy atom. The van der Waals surface area contributed by atoms with E-state index < -0.39 is 5.97 Å². The molecule has 0 saturated carbocycles. The zero-order chi connectivity index (χ0) is 13.1. The Bertz CT molecular complexity index is 587. The van der Waals surface area contributed by atoms with E-state index in [9.17, 15) is 4.79 Å². The van der Waals surface area contributed by atoms with Crippen molar-refractivity contribution in [2.45, 2.75) is 0 Å². The van der Waals surface area contributed by atoms with Crippen LogP contribution in [-0.2, 0) is 4.74 Å². The van der Waals surface area contributed by atoms with Crippen LogP contribution in [0.3, 0.4) is 0 Å². The van der Waals surface area contributed by atoms with Crippen LogP contribution in [0.15, 0.2) is 30.5 Å². The maximum atomic E-state index is 11.5. The van der Waals surface area contributed by atoms with Crippen LogP contribution in [0.25, 0.3) is 11.4 Å². The normalized spacial score (nSPS) is 10.1. The number of hydrogen-bond acceptors (Lipinski definition) is 5. The predicted molar refractivity (Wildman–Crippen MR) is 68.2 cm³/mol. The van der Waals surface area contributed by atoms with Crippen molar-refractivity contribution in [2.24, 2.45) is 0 Å². The number of esters is 1. The van der Waals surface area contributed by atoms with Crippen LogP contribution in [0.1, 0.15) is 10.5 Å². The molecule has 0 unspecified atom stereocenters. The summed E-state index contributed by atoms with van der Waals surface area (Å²) in [5.41, 5.74) is 7.06. The van der Waals surface area contributed by atoms with Gasteiger partial charge in [-0.05, 0) is 18.2 Å². The minimum atomic E-state index is -0.635. The molecule has 0 fully saturated rings. The third kappa shape index (κ3) is 2.26. The molecule has 18 heavy (non-hydrogen) atoms. The monoisotopic (exact) mass is 263 g/mol. The van der Waals surface area contributed by atoms with Gasteiger partial charge in [-0.3, -0.25) is 4.98 Å². The summed E-state index contributed by atoms with van der Waals surface area (Å²) in [5, 5.41) is 0.0848. The van der Waals surface area contributed by atoms with Crippen molar-refractivity contribution in [3.05, 3.63) is 41.2 Å². The molecule has 0 saturated heterocycles. The number of halogens is 1. The van der Waals surface area contributed by atoms with E-state index in [1.807, 2.05) is 6.07 Å². The molecule has 0 radical (unpaired) electrons. The zero-order valence-electron chi connectivity index (χ0n) is 9.55. The molecular formula is C12H10ClN3O2. The van der Waals surface area contributed by atoms with E-state index in [2.05, 4.69) is 14.7 Å². The van der Waals surface area contributed by atoms with Gasteiger partial charge in [0.25, 0.3) is 0 Å². The van der Waals surface area contributed by atoms with Crippen LogP contribution in [0.5, 0.6) is 0 Å². The number of nitrogen functional groups attached to an aromatic ring is 1. The number of carbonyl (C=O) groups is 1. The summed E-state index contributed by atoms with van der Waals surface area (Å²) in [4.78, 5) is 19.8. The molecular weight excluding hydrogens is 254 g/mol. The lowest BCUT2D eigenvalue weighted by Gasteiger charge is -2.07. The molecule has 0 bridgehead atoms. The molecule has 2 N–H and O–H groups in total. The fourth-order valence-electron chi connectivity index (χ4n) is 1.43. The van der Waals surface area contributed by atoms with Crippen LogP contribution in [-0.4, -0.2) is 23.0 Å². The maximum absolute atomic E-state index is 11.5. The maximum Gasteiger partial charge on any atom is 0.358 e. The minimum Gasteiger partial charge on any atom is -0.464 e. The molecule has 0 aliphatic carbocycles. The van der Waals surface area contributed by atoms with Crippen molar-refractivity contribution in [3.63, 3.8) is 0 Å². The van der Waals surface area contributed by atoms with Gasteiger partial charge in [0, 0.05) is 6.20 Å². The first-order chi connectivity index (χ1) is 8.63. The third-order valence-electron chi connectivity index (χ3n) is 2.29. The van der Waals surface area contributed by atoms with Gasteiger partial charge in [0.05, 0.1) is 29.2 Å². The summed E-state index contributed by atoms with van der Waals surface area (Å²) in [6.07, 6.45) is 1.62. The summed E-state index contributed by atoms with van der Waals surface area (Å²) < 4.78 is 4.60. The first-order valence-corrected chi connectivity index (χ1v) is 5.47. The Labute approximate surface area is 109 Å². The number of hydrogen-bond donors (Lipinski definition) is 1. The van der Waals surface area contributed by atoms with E-state index in [1.165, 1.54) is 7.11 Å². The average molecular weight is 264 g/mol. The number of pyridine rings is 2. The van der Waals surface area contributed by atoms with Crippen LogP contribution in [0, 0.1) is 0 Å². The quantitative estimate of drug-likeness (QED) is 0.840. The van der Waals surface area contributed by atoms with Crippen LogP contribution >= 0.6 is 11.6 Å². The van der Waals surface area contributed by atoms with Gasteiger partial charge in [0.15, 0.2) is 5.69 Å². The van der Waals surface area contributed by atoms with Gasteiger partial charge in [-0.1, -0.05) is 17.7 Å². The standard InChI is InChI=1S/C12H10ClN3O2/c1-18-12(17)11-10(13)7(14)6-9(16-11)8-4-2-3-5-15-8/h2-6H,1H3,(H2,14,16). The van der Waals surface area contributed by atoms with Crippen molar-refractivity contribution in [3.8, 4) is 11.4 Å². The summed E-state index contributed by atoms with van der Waals surface area (Å²) in [6, 6.07) is 6.92. The average Bonchev–Trinajstić information content (AvgIpc) is 2.41. The molecule has 0 atom stereocenters. The zero-order valence-corrected chi connectivity index (χ0v) is 10.3. The molecule has 0 aromatic carbocycles. The number of nitrogens with zero attached hydrogens (tertiary/aromatic N) is 2. The van der Waals surface area contributed by atoms with E-state index >= 15 is 0 Å². The van der Waals surface area contributed by atoms with Gasteiger partial charge in [-0.15, -0.1) is 0 Å². The number of methoxy groups -OCH3 is 1. The first kappa shape index (κ1) is 12.3. The highest BCUT2D eigenvalue weighted by Gasteiger charge is 2.17. The number of ether oxygens (including phenoxy) is 1. The van der Waals surface area contributed by atoms with E-state index in [4.69, 9.17) is 17.3 Å². The van der Waals surface area contributed by atoms with Crippen LogP contribution < -0.4 is 5.73 Å². The molecule has 0 spiro atoms. The lowest BCUT2D eigenvalue weighted by atomic mass is 10.2. The predicted octanol–water partition coefficient (Wildman–Crippen LogP) is 2.17. The molecule has 6 heteroatoms. The molecule has 2 rings (SSSR count). The van der Waals surface area contributed by atoms with Gasteiger partial charge in [-0.2, -0.15) is 0 Å². The third-order valence-corrected chi connectivity index (χ3v) is 2.69. The molecule has 2 aromatic rings. The second-order valence-electron chi connectivity index (χ2n) is 3.47. The molecule has 5 nitrogen and oxygen atoms in total. The van der Waals surface area contributed by atoms with Crippen LogP contribution in [0.2, 0.25) is 5.02 Å². The summed E-state index contributed by atoms with van der Waals surface area (Å²) in [6.45, 7) is 0. The highest BCUT2D eigenvalue weighted by molar-refractivity contribution is 6.35. The Balaban J connectivity index is 2.58. The Morgan fingerprint density at radius 1 is 1.39 bits per heavy atom. The molecule has 2 aromatic heterocycles. The SMILES string of the molecule is COC(=O)c1nc(-c2ccccn2)cc(N)c1Cl. The van der Waals surface area contributed by atoms with E-state index in [-0.39, 0.29) is 16.4 Å². The smallest absolute Gasteiger partial charge is 0.358 e.